The highest BCUT2D eigenvalue weighted by Crippen LogP contribution is 2.55. The SMILES string of the molecule is c1ccc(C2=NC3(N=C2c2ccccc2)c2cc4c5cc2CCc2cc(c(cc2-c2nc(-c6ccccc6)c(-c6ccccc6)n23)CC4)C2(N=C(c3ccccc3)C(c3ccccc3)=N2)n2c-5nc(-c3ccccc3)c2-c2ccccc2)cc1. The number of hydrogen-bond donors (Lipinski definition) is 0. The van der Waals surface area contributed by atoms with Gasteiger partial charge in [-0.3, -0.25) is 9.13 Å². The van der Waals surface area contributed by atoms with Gasteiger partial charge in [-0.15, -0.1) is 0 Å². The summed E-state index contributed by atoms with van der Waals surface area (Å²) in [6, 6.07) is 95.0. The second kappa shape index (κ2) is 18.9. The van der Waals surface area contributed by atoms with Crippen LogP contribution >= 0.6 is 0 Å². The van der Waals surface area contributed by atoms with Crippen molar-refractivity contribution in [1.82, 2.24) is 19.1 Å². The minimum Gasteiger partial charge on any atom is -0.275 e. The normalized spacial score (nSPS) is 15.4. The van der Waals surface area contributed by atoms with E-state index in [-0.39, 0.29) is 0 Å². The minimum atomic E-state index is -1.40. The molecule has 0 bridgehead atoms. The van der Waals surface area contributed by atoms with Gasteiger partial charge in [-0.2, -0.15) is 0 Å². The van der Waals surface area contributed by atoms with Crippen LogP contribution in [-0.2, 0) is 37.3 Å². The van der Waals surface area contributed by atoms with E-state index in [0.29, 0.717) is 25.7 Å². The molecule has 2 aromatic heterocycles. The molecule has 0 atom stereocenters. The molecule has 16 rings (SSSR count). The van der Waals surface area contributed by atoms with Gasteiger partial charge >= 0.3 is 0 Å². The average molecular weight is 1080 g/mol. The second-order valence-electron chi connectivity index (χ2n) is 22.3. The van der Waals surface area contributed by atoms with Crippen LogP contribution in [0.2, 0.25) is 0 Å². The smallest absolute Gasteiger partial charge is 0.261 e. The first-order chi connectivity index (χ1) is 41.6. The van der Waals surface area contributed by atoms with Gasteiger partial charge in [0.05, 0.1) is 45.6 Å². The van der Waals surface area contributed by atoms with E-state index in [0.717, 1.165) is 146 Å². The zero-order valence-electron chi connectivity index (χ0n) is 45.8. The Bertz CT molecular complexity index is 4300. The molecule has 2 spiro atoms. The molecular weight excluding hydrogens is 1020 g/mol. The molecule has 0 saturated heterocycles. The number of aromatic nitrogens is 4. The predicted octanol–water partition coefficient (Wildman–Crippen LogP) is 15.9. The van der Waals surface area contributed by atoms with Gasteiger partial charge in [0.25, 0.3) is 11.6 Å². The van der Waals surface area contributed by atoms with E-state index in [4.69, 9.17) is 29.9 Å². The van der Waals surface area contributed by atoms with Crippen LogP contribution in [-0.4, -0.2) is 41.9 Å². The van der Waals surface area contributed by atoms with Crippen molar-refractivity contribution >= 4 is 22.8 Å². The van der Waals surface area contributed by atoms with Gasteiger partial charge in [0, 0.05) is 66.8 Å². The van der Waals surface area contributed by atoms with Crippen LogP contribution in [0.25, 0.3) is 67.8 Å². The summed E-state index contributed by atoms with van der Waals surface area (Å²) < 4.78 is 4.84. The summed E-state index contributed by atoms with van der Waals surface area (Å²) in [5.74, 6) is -1.21. The number of aliphatic imine (C=N–C) groups is 4. The lowest BCUT2D eigenvalue weighted by atomic mass is 9.85. The number of nitrogens with zero attached hydrogens (tertiary/aromatic N) is 8. The topological polar surface area (TPSA) is 85.1 Å². The number of aryl methyl sites for hydroxylation is 4. The first-order valence-electron chi connectivity index (χ1n) is 29.0. The Kier molecular flexibility index (Phi) is 10.8. The van der Waals surface area contributed by atoms with Gasteiger partial charge in [-0.25, -0.2) is 29.9 Å². The van der Waals surface area contributed by atoms with E-state index in [9.17, 15) is 0 Å². The van der Waals surface area contributed by atoms with Gasteiger partial charge in [0.15, 0.2) is 0 Å². The number of hydrogen-bond acceptors (Lipinski definition) is 6. The van der Waals surface area contributed by atoms with Crippen molar-refractivity contribution in [3.05, 3.63) is 323 Å². The summed E-state index contributed by atoms with van der Waals surface area (Å²) in [6.07, 6.45) is 2.74. The molecule has 0 aliphatic carbocycles. The molecule has 0 amide bonds. The van der Waals surface area contributed by atoms with Crippen LogP contribution in [0.4, 0.5) is 0 Å². The predicted molar refractivity (Wildman–Crippen MR) is 338 cm³/mol. The van der Waals surface area contributed by atoms with E-state index >= 15 is 0 Å². The van der Waals surface area contributed by atoms with E-state index in [1.54, 1.807) is 0 Å². The molecule has 0 radical (unpaired) electrons. The molecule has 0 unspecified atom stereocenters. The van der Waals surface area contributed by atoms with Crippen molar-refractivity contribution in [2.75, 3.05) is 0 Å². The Morgan fingerprint density at radius 3 is 0.798 bits per heavy atom. The summed E-state index contributed by atoms with van der Waals surface area (Å²) in [5, 5.41) is 0. The Labute approximate surface area is 487 Å². The van der Waals surface area contributed by atoms with E-state index in [2.05, 4.69) is 276 Å². The molecule has 8 heteroatoms. The zero-order valence-corrected chi connectivity index (χ0v) is 45.8. The maximum Gasteiger partial charge on any atom is 0.261 e. The number of rotatable bonds is 8. The van der Waals surface area contributed by atoms with Crippen LogP contribution < -0.4 is 0 Å². The number of benzene rings is 10. The van der Waals surface area contributed by atoms with Gasteiger partial charge in [0.2, 0.25) is 0 Å². The fourth-order valence-electron chi connectivity index (χ4n) is 13.7. The lowest BCUT2D eigenvalue weighted by Gasteiger charge is -2.33. The average Bonchev–Trinajstić information content (AvgIpc) is 1.78. The monoisotopic (exact) mass is 1080 g/mol. The van der Waals surface area contributed by atoms with Gasteiger partial charge in [-0.05, 0) is 72.2 Å². The summed E-state index contributed by atoms with van der Waals surface area (Å²) in [6.45, 7) is 0. The van der Waals surface area contributed by atoms with Crippen molar-refractivity contribution in [2.45, 2.75) is 37.3 Å². The van der Waals surface area contributed by atoms with Crippen molar-refractivity contribution in [1.29, 1.82) is 0 Å². The standard InChI is InChI=1S/C76H52N8/c1-9-25-49(26-10-1)65-66(50-27-11-2-12-28-50)80-75(79-65)63-47-57-42-44-60-46-61(73-77-69(53-33-17-5-18-34-53)71(83(73)75)55-37-21-7-22-38-55)58-41-43-59(63)45-62(57)74-78-70(54-35-19-6-20-36-54)72(56-39-23-8-24-40-56)84(74)76(64(60)48-58)81-67(51-29-13-3-14-30-51)68(82-76)52-31-15-4-16-32-52/h1-40,45-48H,41-44H2. The Hall–Kier alpha value is -10.7. The van der Waals surface area contributed by atoms with E-state index in [1.807, 2.05) is 0 Å². The van der Waals surface area contributed by atoms with E-state index in [1.165, 1.54) is 0 Å². The third-order valence-corrected chi connectivity index (χ3v) is 17.5. The molecule has 396 valence electrons. The highest BCUT2D eigenvalue weighted by molar-refractivity contribution is 6.55. The lowest BCUT2D eigenvalue weighted by molar-refractivity contribution is 0.403. The van der Waals surface area contributed by atoms with Crippen LogP contribution in [0.3, 0.4) is 0 Å². The molecule has 0 saturated carbocycles. The first kappa shape index (κ1) is 48.0. The summed E-state index contributed by atoms with van der Waals surface area (Å²) in [4.78, 5) is 37.0. The third-order valence-electron chi connectivity index (χ3n) is 17.5. The summed E-state index contributed by atoms with van der Waals surface area (Å²) >= 11 is 0. The van der Waals surface area contributed by atoms with Crippen LogP contribution in [0.1, 0.15) is 55.6 Å². The van der Waals surface area contributed by atoms with Crippen molar-refractivity contribution in [3.8, 4) is 67.8 Å². The van der Waals surface area contributed by atoms with Gasteiger partial charge < -0.3 is 0 Å². The van der Waals surface area contributed by atoms with Crippen LogP contribution in [0, 0.1) is 0 Å². The van der Waals surface area contributed by atoms with Gasteiger partial charge in [0.1, 0.15) is 11.6 Å². The molecule has 12 aromatic rings. The summed E-state index contributed by atoms with van der Waals surface area (Å²) in [7, 11) is 0. The number of fused-ring (bicyclic) bond motifs is 12. The molecule has 6 heterocycles. The lowest BCUT2D eigenvalue weighted by Crippen LogP contribution is -2.34. The summed E-state index contributed by atoms with van der Waals surface area (Å²) in [5.41, 5.74) is 23.5. The van der Waals surface area contributed by atoms with E-state index < -0.39 is 11.6 Å². The third kappa shape index (κ3) is 7.33. The molecule has 0 N–H and O–H groups in total. The highest BCUT2D eigenvalue weighted by atomic mass is 15.4. The minimum absolute atomic E-state index is 0.682. The maximum atomic E-state index is 6.23. The zero-order chi connectivity index (χ0) is 55.3. The number of imidazole rings is 2. The molecule has 0 fully saturated rings. The van der Waals surface area contributed by atoms with Crippen molar-refractivity contribution in [3.63, 3.8) is 0 Å². The molecule has 84 heavy (non-hydrogen) atoms. The quantitative estimate of drug-likeness (QED) is 0.152. The second-order valence-corrected chi connectivity index (χ2v) is 22.3. The highest BCUT2D eigenvalue weighted by Gasteiger charge is 2.51. The fourth-order valence-corrected chi connectivity index (χ4v) is 13.7. The van der Waals surface area contributed by atoms with Crippen LogP contribution in [0.15, 0.2) is 287 Å². The largest absolute Gasteiger partial charge is 0.275 e. The first-order valence-corrected chi connectivity index (χ1v) is 29.0. The fraction of sp³-hybridized carbons (Fsp3) is 0.0789. The van der Waals surface area contributed by atoms with Crippen LogP contribution in [0.5, 0.6) is 0 Å². The van der Waals surface area contributed by atoms with Crippen molar-refractivity contribution in [2.24, 2.45) is 20.0 Å². The molecule has 8 nitrogen and oxygen atoms in total. The molecule has 10 aromatic carbocycles. The molecular formula is C76H52N8. The molecule has 4 aliphatic heterocycles. The van der Waals surface area contributed by atoms with Crippen molar-refractivity contribution < 1.29 is 0 Å². The Morgan fingerprint density at radius 1 is 0.262 bits per heavy atom. The Balaban J connectivity index is 1.09. The molecule has 4 aliphatic rings. The maximum absolute atomic E-state index is 6.23. The Morgan fingerprint density at radius 2 is 0.512 bits per heavy atom. The van der Waals surface area contributed by atoms with Gasteiger partial charge in [-0.1, -0.05) is 243 Å².